The van der Waals surface area contributed by atoms with Gasteiger partial charge in [-0.05, 0) is 21.5 Å². The number of alkyl halides is 3. The Balaban J connectivity index is 3.35. The van der Waals surface area contributed by atoms with Crippen molar-refractivity contribution in [2.24, 2.45) is 0 Å². The zero-order chi connectivity index (χ0) is 10.0. The zero-order valence-electron chi connectivity index (χ0n) is 6.20. The van der Waals surface area contributed by atoms with Gasteiger partial charge in [0, 0.05) is 16.0 Å². The first kappa shape index (κ1) is 11.0. The Morgan fingerprint density at radius 3 is 2.46 bits per heavy atom. The third kappa shape index (κ3) is 2.22. The molecule has 1 rings (SSSR count). The van der Waals surface area contributed by atoms with Crippen LogP contribution in [0, 0.1) is 5.95 Å². The molecule has 0 spiro atoms. The molecule has 1 nitrogen and oxygen atoms in total. The topological polar surface area (TPSA) is 12.9 Å². The first-order valence-electron chi connectivity index (χ1n) is 3.24. The maximum absolute atomic E-state index is 12.8. The van der Waals surface area contributed by atoms with Crippen LogP contribution in [0.4, 0.5) is 13.2 Å². The molecule has 0 saturated heterocycles. The van der Waals surface area contributed by atoms with Gasteiger partial charge in [0.1, 0.15) is 0 Å². The summed E-state index contributed by atoms with van der Waals surface area (Å²) in [6, 6.07) is 0. The van der Waals surface area contributed by atoms with Crippen molar-refractivity contribution in [1.29, 1.82) is 0 Å². The van der Waals surface area contributed by atoms with Gasteiger partial charge in [-0.2, -0.15) is 4.39 Å². The van der Waals surface area contributed by atoms with E-state index >= 15 is 0 Å². The minimum atomic E-state index is -2.85. The third-order valence-electron chi connectivity index (χ3n) is 1.48. The lowest BCUT2D eigenvalue weighted by Crippen LogP contribution is -2.00. The Kier molecular flexibility index (Phi) is 3.73. The van der Waals surface area contributed by atoms with Gasteiger partial charge in [-0.15, -0.1) is 0 Å². The number of aromatic nitrogens is 1. The number of rotatable bonds is 2. The third-order valence-corrected chi connectivity index (χ3v) is 2.72. The number of halogens is 5. The van der Waals surface area contributed by atoms with Crippen LogP contribution in [0.5, 0.6) is 0 Å². The first-order valence-corrected chi connectivity index (χ1v) is 5.16. The van der Waals surface area contributed by atoms with E-state index < -0.39 is 17.9 Å². The van der Waals surface area contributed by atoms with E-state index in [0.29, 0.717) is 4.47 Å². The molecule has 0 saturated carbocycles. The molecule has 1 aromatic rings. The molecular formula is C7H4Br2F3N. The maximum atomic E-state index is 12.8. The quantitative estimate of drug-likeness (QED) is 0.597. The smallest absolute Gasteiger partial charge is 0.227 e. The molecule has 13 heavy (non-hydrogen) atoms. The van der Waals surface area contributed by atoms with Crippen molar-refractivity contribution in [2.45, 2.75) is 11.8 Å². The van der Waals surface area contributed by atoms with Gasteiger partial charge in [-0.25, -0.2) is 13.8 Å². The lowest BCUT2D eigenvalue weighted by molar-refractivity contribution is 0.144. The number of nitrogens with zero attached hydrogens (tertiary/aromatic N) is 1. The minimum Gasteiger partial charge on any atom is -0.227 e. The summed E-state index contributed by atoms with van der Waals surface area (Å²) in [5.74, 6) is -1.12. The molecule has 0 atom stereocenters. The van der Waals surface area contributed by atoms with Crippen molar-refractivity contribution in [2.75, 3.05) is 0 Å². The second kappa shape index (κ2) is 4.41. The Labute approximate surface area is 89.6 Å². The molecule has 0 unspecified atom stereocenters. The van der Waals surface area contributed by atoms with Crippen LogP contribution >= 0.6 is 31.9 Å². The predicted molar refractivity (Wildman–Crippen MR) is 49.5 cm³/mol. The van der Waals surface area contributed by atoms with Gasteiger partial charge >= 0.3 is 0 Å². The predicted octanol–water partition coefficient (Wildman–Crippen LogP) is 3.82. The number of pyridine rings is 1. The van der Waals surface area contributed by atoms with E-state index in [1.165, 1.54) is 0 Å². The molecule has 0 aromatic carbocycles. The lowest BCUT2D eigenvalue weighted by Gasteiger charge is -2.08. The van der Waals surface area contributed by atoms with Crippen LogP contribution in [0.2, 0.25) is 0 Å². The zero-order valence-corrected chi connectivity index (χ0v) is 9.37. The van der Waals surface area contributed by atoms with E-state index in [1.807, 2.05) is 0 Å². The van der Waals surface area contributed by atoms with Crippen molar-refractivity contribution in [3.63, 3.8) is 0 Å². The SMILES string of the molecule is Fc1ncc(Br)c(CBr)c1C(F)F. The highest BCUT2D eigenvalue weighted by Crippen LogP contribution is 2.31. The van der Waals surface area contributed by atoms with Gasteiger partial charge in [0.2, 0.25) is 5.95 Å². The second-order valence-corrected chi connectivity index (χ2v) is 3.64. The molecule has 0 radical (unpaired) electrons. The normalized spacial score (nSPS) is 10.9. The molecule has 72 valence electrons. The van der Waals surface area contributed by atoms with Crippen LogP contribution < -0.4 is 0 Å². The Bertz CT molecular complexity index is 317. The van der Waals surface area contributed by atoms with Crippen LogP contribution in [0.1, 0.15) is 17.6 Å². The van der Waals surface area contributed by atoms with Crippen molar-refractivity contribution in [1.82, 2.24) is 4.98 Å². The standard InChI is InChI=1S/C7H4Br2F3N/c8-1-3-4(9)2-13-7(12)5(3)6(10)11/h2,6H,1H2. The lowest BCUT2D eigenvalue weighted by atomic mass is 10.2. The first-order chi connectivity index (χ1) is 6.07. The van der Waals surface area contributed by atoms with Crippen molar-refractivity contribution < 1.29 is 13.2 Å². The highest BCUT2D eigenvalue weighted by Gasteiger charge is 2.20. The van der Waals surface area contributed by atoms with Gasteiger partial charge in [0.05, 0.1) is 5.56 Å². The fourth-order valence-electron chi connectivity index (χ4n) is 0.872. The van der Waals surface area contributed by atoms with Crippen LogP contribution in [-0.4, -0.2) is 4.98 Å². The summed E-state index contributed by atoms with van der Waals surface area (Å²) in [4.78, 5) is 3.19. The Morgan fingerprint density at radius 2 is 2.08 bits per heavy atom. The molecule has 0 aliphatic rings. The number of hydrogen-bond acceptors (Lipinski definition) is 1. The van der Waals surface area contributed by atoms with Gasteiger partial charge in [-0.1, -0.05) is 15.9 Å². The minimum absolute atomic E-state index is 0.159. The van der Waals surface area contributed by atoms with Crippen LogP contribution in [0.25, 0.3) is 0 Å². The van der Waals surface area contributed by atoms with E-state index in [0.717, 1.165) is 6.20 Å². The summed E-state index contributed by atoms with van der Waals surface area (Å²) in [6.07, 6.45) is -1.69. The summed E-state index contributed by atoms with van der Waals surface area (Å²) in [7, 11) is 0. The summed E-state index contributed by atoms with van der Waals surface area (Å²) in [6.45, 7) is 0. The molecule has 6 heteroatoms. The van der Waals surface area contributed by atoms with Crippen LogP contribution in [0.15, 0.2) is 10.7 Å². The van der Waals surface area contributed by atoms with E-state index in [-0.39, 0.29) is 10.9 Å². The monoisotopic (exact) mass is 317 g/mol. The molecule has 0 aliphatic carbocycles. The largest absolute Gasteiger partial charge is 0.268 e. The molecule has 0 fully saturated rings. The second-order valence-electron chi connectivity index (χ2n) is 2.22. The summed E-state index contributed by atoms with van der Waals surface area (Å²) >= 11 is 6.02. The Morgan fingerprint density at radius 1 is 1.46 bits per heavy atom. The van der Waals surface area contributed by atoms with Gasteiger partial charge < -0.3 is 0 Å². The van der Waals surface area contributed by atoms with Crippen molar-refractivity contribution in [3.05, 3.63) is 27.7 Å². The molecule has 0 aliphatic heterocycles. The van der Waals surface area contributed by atoms with Crippen LogP contribution in [0.3, 0.4) is 0 Å². The van der Waals surface area contributed by atoms with Gasteiger partial charge in [0.25, 0.3) is 6.43 Å². The van der Waals surface area contributed by atoms with Crippen molar-refractivity contribution >= 4 is 31.9 Å². The summed E-state index contributed by atoms with van der Waals surface area (Å²) in [5.41, 5.74) is -0.450. The van der Waals surface area contributed by atoms with E-state index in [1.54, 1.807) is 0 Å². The van der Waals surface area contributed by atoms with Gasteiger partial charge in [0.15, 0.2) is 0 Å². The Hall–Kier alpha value is -0.100. The average Bonchev–Trinajstić information content (AvgIpc) is 2.07. The molecule has 0 amide bonds. The van der Waals surface area contributed by atoms with Crippen LogP contribution in [-0.2, 0) is 5.33 Å². The van der Waals surface area contributed by atoms with Gasteiger partial charge in [-0.3, -0.25) is 0 Å². The fourth-order valence-corrected chi connectivity index (χ4v) is 2.31. The highest BCUT2D eigenvalue weighted by molar-refractivity contribution is 9.10. The molecule has 0 N–H and O–H groups in total. The summed E-state index contributed by atoms with van der Waals surface area (Å²) < 4.78 is 37.9. The van der Waals surface area contributed by atoms with E-state index in [2.05, 4.69) is 36.8 Å². The molecule has 0 bridgehead atoms. The number of hydrogen-bond donors (Lipinski definition) is 0. The van der Waals surface area contributed by atoms with E-state index in [9.17, 15) is 13.2 Å². The van der Waals surface area contributed by atoms with E-state index in [4.69, 9.17) is 0 Å². The molecule has 1 aromatic heterocycles. The average molecular weight is 319 g/mol. The maximum Gasteiger partial charge on any atom is 0.268 e. The molecular weight excluding hydrogens is 315 g/mol. The molecule has 1 heterocycles. The summed E-state index contributed by atoms with van der Waals surface area (Å²) in [5, 5.41) is 0.159. The van der Waals surface area contributed by atoms with Crippen molar-refractivity contribution in [3.8, 4) is 0 Å². The fraction of sp³-hybridized carbons (Fsp3) is 0.286. The highest BCUT2D eigenvalue weighted by atomic mass is 79.9.